The lowest BCUT2D eigenvalue weighted by molar-refractivity contribution is -0.118. The Bertz CT molecular complexity index is 1270. The summed E-state index contributed by atoms with van der Waals surface area (Å²) >= 11 is 0. The van der Waals surface area contributed by atoms with Crippen molar-refractivity contribution >= 4 is 23.2 Å². The van der Waals surface area contributed by atoms with Crippen LogP contribution in [-0.4, -0.2) is 49.6 Å². The van der Waals surface area contributed by atoms with Gasteiger partial charge in [-0.1, -0.05) is 49.4 Å². The molecule has 0 aliphatic carbocycles. The Morgan fingerprint density at radius 3 is 2.57 bits per heavy atom. The predicted octanol–water partition coefficient (Wildman–Crippen LogP) is 5.52. The molecule has 0 spiro atoms. The topological polar surface area (TPSA) is 61.9 Å². The average molecular weight is 498 g/mol. The van der Waals surface area contributed by atoms with Crippen molar-refractivity contribution in [2.45, 2.75) is 45.2 Å². The summed E-state index contributed by atoms with van der Waals surface area (Å²) in [5, 5.41) is 3.05. The van der Waals surface area contributed by atoms with Gasteiger partial charge in [-0.05, 0) is 72.3 Å². The summed E-state index contributed by atoms with van der Waals surface area (Å²) in [6.07, 6.45) is 3.32. The van der Waals surface area contributed by atoms with E-state index in [0.29, 0.717) is 23.7 Å². The number of carbonyl (C=O) groups excluding carboxylic acids is 2. The first-order valence-corrected chi connectivity index (χ1v) is 13.2. The third kappa shape index (κ3) is 5.60. The van der Waals surface area contributed by atoms with E-state index in [2.05, 4.69) is 35.3 Å². The van der Waals surface area contributed by atoms with Gasteiger partial charge >= 0.3 is 0 Å². The van der Waals surface area contributed by atoms with Gasteiger partial charge in [-0.2, -0.15) is 0 Å². The molecule has 3 aromatic rings. The summed E-state index contributed by atoms with van der Waals surface area (Å²) < 4.78 is 5.59. The highest BCUT2D eigenvalue weighted by molar-refractivity contribution is 6.05. The lowest BCUT2D eigenvalue weighted by atomic mass is 9.95. The number of nitrogens with zero attached hydrogens (tertiary/aromatic N) is 2. The minimum Gasteiger partial charge on any atom is -0.381 e. The van der Waals surface area contributed by atoms with Crippen LogP contribution in [0.4, 0.5) is 11.4 Å². The van der Waals surface area contributed by atoms with Crippen molar-refractivity contribution in [1.82, 2.24) is 4.90 Å². The van der Waals surface area contributed by atoms with Gasteiger partial charge < -0.3 is 15.0 Å². The Hall–Kier alpha value is -3.48. The third-order valence-corrected chi connectivity index (χ3v) is 7.63. The molecule has 192 valence electrons. The van der Waals surface area contributed by atoms with Crippen LogP contribution in [0.1, 0.15) is 47.7 Å². The molecule has 2 aliphatic heterocycles. The van der Waals surface area contributed by atoms with Crippen LogP contribution in [0.2, 0.25) is 0 Å². The minimum atomic E-state index is -0.153. The Balaban J connectivity index is 1.42. The highest BCUT2D eigenvalue weighted by Crippen LogP contribution is 2.31. The van der Waals surface area contributed by atoms with E-state index in [0.717, 1.165) is 73.5 Å². The van der Waals surface area contributed by atoms with Gasteiger partial charge in [0.1, 0.15) is 0 Å². The minimum absolute atomic E-state index is 0.0992. The van der Waals surface area contributed by atoms with Crippen LogP contribution >= 0.6 is 0 Å². The number of rotatable bonds is 7. The van der Waals surface area contributed by atoms with E-state index in [1.165, 1.54) is 0 Å². The number of aryl methyl sites for hydroxylation is 1. The molecule has 6 heteroatoms. The molecule has 37 heavy (non-hydrogen) atoms. The van der Waals surface area contributed by atoms with Crippen molar-refractivity contribution in [3.8, 4) is 11.1 Å². The molecule has 2 aliphatic rings. The van der Waals surface area contributed by atoms with Crippen LogP contribution < -0.4 is 10.2 Å². The van der Waals surface area contributed by atoms with Crippen LogP contribution in [0.3, 0.4) is 0 Å². The zero-order chi connectivity index (χ0) is 25.8. The molecule has 1 N–H and O–H groups in total. The fourth-order valence-electron chi connectivity index (χ4n) is 5.45. The number of anilines is 2. The van der Waals surface area contributed by atoms with Gasteiger partial charge in [0.25, 0.3) is 5.91 Å². The van der Waals surface area contributed by atoms with Gasteiger partial charge in [-0.25, -0.2) is 0 Å². The van der Waals surface area contributed by atoms with Gasteiger partial charge in [0.2, 0.25) is 5.91 Å². The number of benzene rings is 3. The number of ether oxygens (including phenoxy) is 1. The van der Waals surface area contributed by atoms with E-state index in [1.54, 1.807) is 11.9 Å². The summed E-state index contributed by atoms with van der Waals surface area (Å²) in [5.74, 6) is -0.0539. The Morgan fingerprint density at radius 1 is 1.03 bits per heavy atom. The van der Waals surface area contributed by atoms with E-state index in [4.69, 9.17) is 4.74 Å². The Labute approximate surface area is 219 Å². The molecule has 3 aromatic carbocycles. The molecule has 0 radical (unpaired) electrons. The molecule has 1 saturated heterocycles. The van der Waals surface area contributed by atoms with Gasteiger partial charge in [-0.15, -0.1) is 0 Å². The van der Waals surface area contributed by atoms with E-state index in [1.807, 2.05) is 48.5 Å². The van der Waals surface area contributed by atoms with Crippen molar-refractivity contribution in [2.75, 3.05) is 37.0 Å². The van der Waals surface area contributed by atoms with Gasteiger partial charge in [0, 0.05) is 56.2 Å². The van der Waals surface area contributed by atoms with Crippen molar-refractivity contribution in [1.29, 1.82) is 0 Å². The second-order valence-corrected chi connectivity index (χ2v) is 9.89. The van der Waals surface area contributed by atoms with Crippen molar-refractivity contribution < 1.29 is 14.3 Å². The lowest BCUT2D eigenvalue weighted by Crippen LogP contribution is -2.39. The molecular weight excluding hydrogens is 462 g/mol. The van der Waals surface area contributed by atoms with Crippen molar-refractivity contribution in [2.24, 2.45) is 0 Å². The highest BCUT2D eigenvalue weighted by atomic mass is 16.5. The van der Waals surface area contributed by atoms with Gasteiger partial charge in [-0.3, -0.25) is 14.5 Å². The number of hydrogen-bond donors (Lipinski definition) is 1. The normalized spacial score (nSPS) is 16.1. The zero-order valence-corrected chi connectivity index (χ0v) is 21.7. The van der Waals surface area contributed by atoms with Crippen LogP contribution in [0, 0.1) is 0 Å². The first-order valence-electron chi connectivity index (χ1n) is 13.2. The van der Waals surface area contributed by atoms with Crippen LogP contribution in [0.15, 0.2) is 66.7 Å². The summed E-state index contributed by atoms with van der Waals surface area (Å²) in [7, 11) is 1.79. The second kappa shape index (κ2) is 11.3. The van der Waals surface area contributed by atoms with Gasteiger partial charge in [0.05, 0.1) is 0 Å². The van der Waals surface area contributed by atoms with Crippen LogP contribution in [0.25, 0.3) is 11.1 Å². The van der Waals surface area contributed by atoms with Crippen LogP contribution in [0.5, 0.6) is 0 Å². The Kier molecular flexibility index (Phi) is 7.68. The molecule has 6 nitrogen and oxygen atoms in total. The molecule has 0 aromatic heterocycles. The number of nitrogens with one attached hydrogen (secondary N) is 1. The number of carbonyl (C=O) groups is 2. The molecule has 0 saturated carbocycles. The van der Waals surface area contributed by atoms with E-state index in [9.17, 15) is 9.59 Å². The molecular formula is C31H35N3O3. The summed E-state index contributed by atoms with van der Waals surface area (Å²) in [6, 6.07) is 22.7. The maximum Gasteiger partial charge on any atom is 0.255 e. The van der Waals surface area contributed by atoms with Crippen molar-refractivity contribution in [3.63, 3.8) is 0 Å². The third-order valence-electron chi connectivity index (χ3n) is 7.63. The van der Waals surface area contributed by atoms with Gasteiger partial charge in [0.15, 0.2) is 0 Å². The maximum atomic E-state index is 13.4. The number of hydrogen-bond acceptors (Lipinski definition) is 4. The molecule has 2 amide bonds. The highest BCUT2D eigenvalue weighted by Gasteiger charge is 2.23. The monoisotopic (exact) mass is 497 g/mol. The zero-order valence-electron chi connectivity index (χ0n) is 21.7. The quantitative estimate of drug-likeness (QED) is 0.467. The predicted molar refractivity (Wildman–Crippen MR) is 148 cm³/mol. The second-order valence-electron chi connectivity index (χ2n) is 9.89. The SMILES string of the molecule is CCN(Cc1cc(C(=O)Nc2ccc3c(c2)N(C)C(=O)CC3)ccc1-c1ccccc1)C1CCOCC1. The summed E-state index contributed by atoms with van der Waals surface area (Å²) in [6.45, 7) is 5.52. The number of fused-ring (bicyclic) bond motifs is 1. The number of amides is 2. The largest absolute Gasteiger partial charge is 0.381 e. The fourth-order valence-corrected chi connectivity index (χ4v) is 5.45. The summed E-state index contributed by atoms with van der Waals surface area (Å²) in [4.78, 5) is 29.7. The smallest absolute Gasteiger partial charge is 0.255 e. The van der Waals surface area contributed by atoms with Crippen LogP contribution in [-0.2, 0) is 22.5 Å². The fraction of sp³-hybridized carbons (Fsp3) is 0.355. The molecule has 0 bridgehead atoms. The molecule has 0 unspecified atom stereocenters. The molecule has 1 fully saturated rings. The lowest BCUT2D eigenvalue weighted by Gasteiger charge is -2.34. The standard InChI is InChI=1S/C31H35N3O3/c1-3-34(27-15-17-37-18-16-27)21-25-19-24(10-13-28(25)22-7-5-4-6-8-22)31(36)32-26-12-9-23-11-14-30(35)33(2)29(23)20-26/h4-10,12-13,19-20,27H,3,11,14-18,21H2,1-2H3,(H,32,36). The first-order chi connectivity index (χ1) is 18.0. The molecule has 0 atom stereocenters. The van der Waals surface area contributed by atoms with E-state index < -0.39 is 0 Å². The van der Waals surface area contributed by atoms with E-state index in [-0.39, 0.29) is 11.8 Å². The summed E-state index contributed by atoms with van der Waals surface area (Å²) in [5.41, 5.74) is 6.75. The molecule has 2 heterocycles. The van der Waals surface area contributed by atoms with Crippen molar-refractivity contribution in [3.05, 3.63) is 83.4 Å². The van der Waals surface area contributed by atoms with E-state index >= 15 is 0 Å². The maximum absolute atomic E-state index is 13.4. The average Bonchev–Trinajstić information content (AvgIpc) is 2.94. The first kappa shape index (κ1) is 25.2. The molecule has 5 rings (SSSR count). The Morgan fingerprint density at radius 2 is 1.81 bits per heavy atom.